The molecule has 0 fully saturated rings. The minimum Gasteiger partial charge on any atom is -0.356 e. The van der Waals surface area contributed by atoms with E-state index in [1.54, 1.807) is 0 Å². The molecule has 0 aliphatic heterocycles. The summed E-state index contributed by atoms with van der Waals surface area (Å²) in [5, 5.41) is 6.00. The SMILES string of the molecule is c1ccc(-c2ccc(Nc3ccc4cc(-c5ccccc5)ccc4c3)cc2)cc1. The summed E-state index contributed by atoms with van der Waals surface area (Å²) in [6.45, 7) is 0. The monoisotopic (exact) mass is 371 g/mol. The first-order valence-corrected chi connectivity index (χ1v) is 9.87. The fourth-order valence-corrected chi connectivity index (χ4v) is 3.68. The summed E-state index contributed by atoms with van der Waals surface area (Å²) in [5.74, 6) is 0. The van der Waals surface area contributed by atoms with Crippen LogP contribution in [0.1, 0.15) is 0 Å². The average Bonchev–Trinajstić information content (AvgIpc) is 2.80. The highest BCUT2D eigenvalue weighted by molar-refractivity contribution is 5.90. The lowest BCUT2D eigenvalue weighted by Gasteiger charge is -2.10. The van der Waals surface area contributed by atoms with Crippen molar-refractivity contribution in [2.45, 2.75) is 0 Å². The van der Waals surface area contributed by atoms with Gasteiger partial charge in [0.15, 0.2) is 0 Å². The largest absolute Gasteiger partial charge is 0.356 e. The fourth-order valence-electron chi connectivity index (χ4n) is 3.68. The summed E-state index contributed by atoms with van der Waals surface area (Å²) < 4.78 is 0. The van der Waals surface area contributed by atoms with E-state index < -0.39 is 0 Å². The Hall–Kier alpha value is -3.84. The van der Waals surface area contributed by atoms with Crippen LogP contribution in [0.3, 0.4) is 0 Å². The molecule has 1 N–H and O–H groups in total. The van der Waals surface area contributed by atoms with Crippen molar-refractivity contribution in [1.82, 2.24) is 0 Å². The average molecular weight is 371 g/mol. The quantitative estimate of drug-likeness (QED) is 0.338. The molecule has 0 unspecified atom stereocenters. The third-order valence-corrected chi connectivity index (χ3v) is 5.23. The van der Waals surface area contributed by atoms with E-state index in [0.717, 1.165) is 11.4 Å². The van der Waals surface area contributed by atoms with Gasteiger partial charge in [-0.2, -0.15) is 0 Å². The van der Waals surface area contributed by atoms with Crippen LogP contribution < -0.4 is 5.32 Å². The topological polar surface area (TPSA) is 12.0 Å². The summed E-state index contributed by atoms with van der Waals surface area (Å²) in [6.07, 6.45) is 0. The molecule has 1 heteroatoms. The van der Waals surface area contributed by atoms with E-state index in [1.165, 1.54) is 33.0 Å². The second kappa shape index (κ2) is 7.65. The Balaban J connectivity index is 1.38. The highest BCUT2D eigenvalue weighted by Crippen LogP contribution is 2.28. The first-order valence-electron chi connectivity index (χ1n) is 9.87. The fraction of sp³-hybridized carbons (Fsp3) is 0. The molecule has 5 aromatic rings. The zero-order valence-corrected chi connectivity index (χ0v) is 16.0. The predicted octanol–water partition coefficient (Wildman–Crippen LogP) is 7.92. The van der Waals surface area contributed by atoms with Gasteiger partial charge in [0.25, 0.3) is 0 Å². The van der Waals surface area contributed by atoms with Gasteiger partial charge in [0.1, 0.15) is 0 Å². The minimum atomic E-state index is 1.09. The smallest absolute Gasteiger partial charge is 0.0390 e. The Kier molecular flexibility index (Phi) is 4.56. The third kappa shape index (κ3) is 3.76. The molecule has 1 nitrogen and oxygen atoms in total. The van der Waals surface area contributed by atoms with E-state index >= 15 is 0 Å². The Morgan fingerprint density at radius 3 is 1.52 bits per heavy atom. The number of nitrogens with one attached hydrogen (secondary N) is 1. The maximum atomic E-state index is 3.52. The van der Waals surface area contributed by atoms with Gasteiger partial charge in [-0.25, -0.2) is 0 Å². The normalized spacial score (nSPS) is 10.8. The highest BCUT2D eigenvalue weighted by Gasteiger charge is 2.02. The number of anilines is 2. The lowest BCUT2D eigenvalue weighted by Crippen LogP contribution is -1.90. The van der Waals surface area contributed by atoms with Crippen LogP contribution in [0.25, 0.3) is 33.0 Å². The summed E-state index contributed by atoms with van der Waals surface area (Å²) in [4.78, 5) is 0. The van der Waals surface area contributed by atoms with E-state index in [2.05, 4.69) is 121 Å². The molecular weight excluding hydrogens is 350 g/mol. The van der Waals surface area contributed by atoms with Crippen molar-refractivity contribution in [3.8, 4) is 22.3 Å². The van der Waals surface area contributed by atoms with Gasteiger partial charge in [-0.15, -0.1) is 0 Å². The zero-order valence-electron chi connectivity index (χ0n) is 16.0. The van der Waals surface area contributed by atoms with Gasteiger partial charge in [0.2, 0.25) is 0 Å². The maximum Gasteiger partial charge on any atom is 0.0390 e. The van der Waals surface area contributed by atoms with Crippen LogP contribution in [0, 0.1) is 0 Å². The molecule has 0 heterocycles. The molecule has 5 rings (SSSR count). The van der Waals surface area contributed by atoms with Crippen molar-refractivity contribution in [2.24, 2.45) is 0 Å². The standard InChI is InChI=1S/C28H21N/c1-3-7-21(8-4-1)23-13-16-27(17-14-23)29-28-18-15-25-19-24(11-12-26(25)20-28)22-9-5-2-6-10-22/h1-20,29H. The van der Waals surface area contributed by atoms with Gasteiger partial charge in [0.05, 0.1) is 0 Å². The molecule has 0 saturated heterocycles. The zero-order chi connectivity index (χ0) is 19.5. The molecule has 138 valence electrons. The molecule has 0 aliphatic carbocycles. The molecule has 0 atom stereocenters. The number of fused-ring (bicyclic) bond motifs is 1. The van der Waals surface area contributed by atoms with Gasteiger partial charge >= 0.3 is 0 Å². The second-order valence-corrected chi connectivity index (χ2v) is 7.21. The summed E-state index contributed by atoms with van der Waals surface area (Å²) in [5.41, 5.74) is 7.13. The van der Waals surface area contributed by atoms with Crippen LogP contribution in [0.15, 0.2) is 121 Å². The first-order chi connectivity index (χ1) is 14.3. The third-order valence-electron chi connectivity index (χ3n) is 5.23. The Morgan fingerprint density at radius 2 is 0.828 bits per heavy atom. The van der Waals surface area contributed by atoms with Crippen LogP contribution in [0.2, 0.25) is 0 Å². The molecular formula is C28H21N. The van der Waals surface area contributed by atoms with E-state index in [1.807, 2.05) is 6.07 Å². The number of hydrogen-bond acceptors (Lipinski definition) is 1. The van der Waals surface area contributed by atoms with Crippen molar-refractivity contribution >= 4 is 22.1 Å². The lowest BCUT2D eigenvalue weighted by molar-refractivity contribution is 1.55. The van der Waals surface area contributed by atoms with Crippen LogP contribution in [-0.2, 0) is 0 Å². The summed E-state index contributed by atoms with van der Waals surface area (Å²) >= 11 is 0. The Bertz CT molecular complexity index is 1240. The van der Waals surface area contributed by atoms with E-state index in [0.29, 0.717) is 0 Å². The van der Waals surface area contributed by atoms with Gasteiger partial charge in [-0.3, -0.25) is 0 Å². The van der Waals surface area contributed by atoms with Crippen LogP contribution in [-0.4, -0.2) is 0 Å². The minimum absolute atomic E-state index is 1.09. The summed E-state index contributed by atoms with van der Waals surface area (Å²) in [7, 11) is 0. The molecule has 0 bridgehead atoms. The van der Waals surface area contributed by atoms with Crippen molar-refractivity contribution in [2.75, 3.05) is 5.32 Å². The van der Waals surface area contributed by atoms with Crippen molar-refractivity contribution in [1.29, 1.82) is 0 Å². The molecule has 5 aromatic carbocycles. The van der Waals surface area contributed by atoms with Gasteiger partial charge in [-0.1, -0.05) is 91.0 Å². The van der Waals surface area contributed by atoms with Gasteiger partial charge in [0, 0.05) is 11.4 Å². The molecule has 0 amide bonds. The maximum absolute atomic E-state index is 3.52. The van der Waals surface area contributed by atoms with Crippen molar-refractivity contribution in [3.63, 3.8) is 0 Å². The van der Waals surface area contributed by atoms with E-state index in [-0.39, 0.29) is 0 Å². The predicted molar refractivity (Wildman–Crippen MR) is 125 cm³/mol. The molecule has 0 saturated carbocycles. The lowest BCUT2D eigenvalue weighted by atomic mass is 10.0. The van der Waals surface area contributed by atoms with E-state index in [9.17, 15) is 0 Å². The van der Waals surface area contributed by atoms with Crippen LogP contribution in [0.5, 0.6) is 0 Å². The number of rotatable bonds is 4. The second-order valence-electron chi connectivity index (χ2n) is 7.21. The molecule has 29 heavy (non-hydrogen) atoms. The van der Waals surface area contributed by atoms with E-state index in [4.69, 9.17) is 0 Å². The van der Waals surface area contributed by atoms with Gasteiger partial charge in [-0.05, 0) is 63.4 Å². The number of hydrogen-bond donors (Lipinski definition) is 1. The number of benzene rings is 5. The first kappa shape index (κ1) is 17.3. The van der Waals surface area contributed by atoms with Crippen LogP contribution >= 0.6 is 0 Å². The Morgan fingerprint density at radius 1 is 0.345 bits per heavy atom. The molecule has 0 spiro atoms. The van der Waals surface area contributed by atoms with Crippen molar-refractivity contribution in [3.05, 3.63) is 121 Å². The highest BCUT2D eigenvalue weighted by atomic mass is 14.9. The summed E-state index contributed by atoms with van der Waals surface area (Å²) in [6, 6.07) is 42.7. The molecule has 0 aromatic heterocycles. The molecule has 0 aliphatic rings. The molecule has 0 radical (unpaired) electrons. The van der Waals surface area contributed by atoms with Crippen LogP contribution in [0.4, 0.5) is 11.4 Å². The Labute approximate surface area is 171 Å². The van der Waals surface area contributed by atoms with Gasteiger partial charge < -0.3 is 5.32 Å². The van der Waals surface area contributed by atoms with Crippen molar-refractivity contribution < 1.29 is 0 Å².